The van der Waals surface area contributed by atoms with Crippen molar-refractivity contribution in [3.05, 3.63) is 33.8 Å². The number of hydrogen-bond acceptors (Lipinski definition) is 2. The summed E-state index contributed by atoms with van der Waals surface area (Å²) in [7, 11) is 0. The van der Waals surface area contributed by atoms with E-state index in [9.17, 15) is 9.90 Å². The first kappa shape index (κ1) is 13.3. The number of aliphatic hydroxyl groups is 1. The van der Waals surface area contributed by atoms with Crippen molar-refractivity contribution in [2.75, 3.05) is 6.54 Å². The summed E-state index contributed by atoms with van der Waals surface area (Å²) in [6.45, 7) is 1.90. The molecule has 0 saturated carbocycles. The molecule has 0 saturated heterocycles. The third-order valence-electron chi connectivity index (χ3n) is 2.08. The first-order valence-corrected chi connectivity index (χ1v) is 5.69. The van der Waals surface area contributed by atoms with Gasteiger partial charge in [0.15, 0.2) is 0 Å². The Hall–Kier alpha value is -0.770. The molecule has 0 radical (unpaired) electrons. The highest BCUT2D eigenvalue weighted by atomic mass is 35.5. The van der Waals surface area contributed by atoms with Crippen LogP contribution in [0.1, 0.15) is 25.0 Å². The molecule has 0 aliphatic rings. The molecule has 0 fully saturated rings. The first-order valence-electron chi connectivity index (χ1n) is 4.93. The van der Waals surface area contributed by atoms with Gasteiger partial charge in [-0.2, -0.15) is 0 Å². The molecule has 1 aromatic carbocycles. The van der Waals surface area contributed by atoms with Gasteiger partial charge >= 0.3 is 0 Å². The number of aliphatic hydroxyl groups excluding tert-OH is 1. The van der Waals surface area contributed by atoms with Gasteiger partial charge in [0.1, 0.15) is 0 Å². The topological polar surface area (TPSA) is 49.3 Å². The maximum atomic E-state index is 11.0. The Bertz CT molecular complexity index is 362. The molecule has 0 bridgehead atoms. The van der Waals surface area contributed by atoms with E-state index in [-0.39, 0.29) is 12.5 Å². The van der Waals surface area contributed by atoms with Crippen LogP contribution in [0.25, 0.3) is 0 Å². The smallest absolute Gasteiger partial charge is 0.219 e. The summed E-state index contributed by atoms with van der Waals surface area (Å²) < 4.78 is 0. The Labute approximate surface area is 104 Å². The van der Waals surface area contributed by atoms with Crippen LogP contribution in [0.15, 0.2) is 18.2 Å². The standard InChI is InChI=1S/C11H13Cl2NO2/c1-2-11(16)14-6-10(15)7-3-8(12)5-9(13)4-7/h3-5,10,15H,2,6H2,1H3,(H,14,16)/t10-/m1/s1. The van der Waals surface area contributed by atoms with Gasteiger partial charge in [0.25, 0.3) is 0 Å². The van der Waals surface area contributed by atoms with Gasteiger partial charge in [-0.15, -0.1) is 0 Å². The first-order chi connectivity index (χ1) is 7.52. The van der Waals surface area contributed by atoms with E-state index in [0.717, 1.165) is 0 Å². The predicted molar refractivity (Wildman–Crippen MR) is 64.7 cm³/mol. The SMILES string of the molecule is CCC(=O)NC[C@@H](O)c1cc(Cl)cc(Cl)c1. The lowest BCUT2D eigenvalue weighted by Gasteiger charge is -2.12. The number of carbonyl (C=O) groups is 1. The van der Waals surface area contributed by atoms with Gasteiger partial charge in [0, 0.05) is 23.0 Å². The van der Waals surface area contributed by atoms with Crippen molar-refractivity contribution in [3.8, 4) is 0 Å². The van der Waals surface area contributed by atoms with Gasteiger partial charge in [0.05, 0.1) is 6.10 Å². The Balaban J connectivity index is 2.65. The van der Waals surface area contributed by atoms with Gasteiger partial charge in [0.2, 0.25) is 5.91 Å². The minimum Gasteiger partial charge on any atom is -0.387 e. The van der Waals surface area contributed by atoms with Crippen LogP contribution in [0, 0.1) is 0 Å². The van der Waals surface area contributed by atoms with E-state index in [4.69, 9.17) is 23.2 Å². The Morgan fingerprint density at radius 3 is 2.44 bits per heavy atom. The Morgan fingerprint density at radius 2 is 1.94 bits per heavy atom. The summed E-state index contributed by atoms with van der Waals surface area (Å²) in [5.41, 5.74) is 0.592. The lowest BCUT2D eigenvalue weighted by molar-refractivity contribution is -0.121. The highest BCUT2D eigenvalue weighted by Gasteiger charge is 2.10. The molecule has 0 aromatic heterocycles. The van der Waals surface area contributed by atoms with Crippen molar-refractivity contribution >= 4 is 29.1 Å². The number of nitrogens with one attached hydrogen (secondary N) is 1. The molecule has 0 heterocycles. The lowest BCUT2D eigenvalue weighted by Crippen LogP contribution is -2.27. The Kier molecular flexibility index (Phi) is 5.06. The number of hydrogen-bond donors (Lipinski definition) is 2. The molecule has 0 aliphatic carbocycles. The number of amides is 1. The molecule has 1 amide bonds. The molecule has 1 atom stereocenters. The number of benzene rings is 1. The molecule has 0 aliphatic heterocycles. The second-order valence-electron chi connectivity index (χ2n) is 3.38. The minimum atomic E-state index is -0.799. The van der Waals surface area contributed by atoms with E-state index in [1.165, 1.54) is 0 Å². The molecular formula is C11H13Cl2NO2. The summed E-state index contributed by atoms with van der Waals surface area (Å²) in [6.07, 6.45) is -0.407. The zero-order chi connectivity index (χ0) is 12.1. The van der Waals surface area contributed by atoms with Gasteiger partial charge in [-0.1, -0.05) is 30.1 Å². The summed E-state index contributed by atoms with van der Waals surface area (Å²) in [5, 5.41) is 13.3. The normalized spacial score (nSPS) is 12.2. The third kappa shape index (κ3) is 4.00. The fraction of sp³-hybridized carbons (Fsp3) is 0.364. The van der Waals surface area contributed by atoms with Crippen LogP contribution in [0.4, 0.5) is 0 Å². The summed E-state index contributed by atoms with van der Waals surface area (Å²) in [4.78, 5) is 11.0. The van der Waals surface area contributed by atoms with Gasteiger partial charge in [-0.05, 0) is 23.8 Å². The quantitative estimate of drug-likeness (QED) is 0.876. The summed E-state index contributed by atoms with van der Waals surface area (Å²) in [5.74, 6) is -0.104. The van der Waals surface area contributed by atoms with Crippen LogP contribution < -0.4 is 5.32 Å². The van der Waals surface area contributed by atoms with E-state index in [1.54, 1.807) is 25.1 Å². The molecule has 2 N–H and O–H groups in total. The number of rotatable bonds is 4. The lowest BCUT2D eigenvalue weighted by atomic mass is 10.1. The highest BCUT2D eigenvalue weighted by molar-refractivity contribution is 6.34. The second kappa shape index (κ2) is 6.09. The third-order valence-corrected chi connectivity index (χ3v) is 2.52. The maximum Gasteiger partial charge on any atom is 0.219 e. The molecule has 16 heavy (non-hydrogen) atoms. The molecular weight excluding hydrogens is 249 g/mol. The second-order valence-corrected chi connectivity index (χ2v) is 4.25. The van der Waals surface area contributed by atoms with E-state index in [1.807, 2.05) is 0 Å². The van der Waals surface area contributed by atoms with E-state index in [2.05, 4.69) is 5.32 Å². The van der Waals surface area contributed by atoms with Crippen molar-refractivity contribution in [2.45, 2.75) is 19.4 Å². The van der Waals surface area contributed by atoms with Gasteiger partial charge in [-0.3, -0.25) is 4.79 Å². The highest BCUT2D eigenvalue weighted by Crippen LogP contribution is 2.23. The van der Waals surface area contributed by atoms with Crippen LogP contribution >= 0.6 is 23.2 Å². The van der Waals surface area contributed by atoms with Crippen LogP contribution in [0.5, 0.6) is 0 Å². The molecule has 3 nitrogen and oxygen atoms in total. The van der Waals surface area contributed by atoms with Crippen molar-refractivity contribution < 1.29 is 9.90 Å². The van der Waals surface area contributed by atoms with Crippen LogP contribution in [-0.2, 0) is 4.79 Å². The molecule has 1 rings (SSSR count). The van der Waals surface area contributed by atoms with E-state index in [0.29, 0.717) is 22.0 Å². The molecule has 88 valence electrons. The number of carbonyl (C=O) groups excluding carboxylic acids is 1. The summed E-state index contributed by atoms with van der Waals surface area (Å²) in [6, 6.07) is 4.83. The average Bonchev–Trinajstić information content (AvgIpc) is 2.23. The fourth-order valence-electron chi connectivity index (χ4n) is 1.22. The van der Waals surface area contributed by atoms with Crippen molar-refractivity contribution in [1.82, 2.24) is 5.32 Å². The molecule has 5 heteroatoms. The zero-order valence-electron chi connectivity index (χ0n) is 8.84. The van der Waals surface area contributed by atoms with Crippen LogP contribution in [0.3, 0.4) is 0 Å². The monoisotopic (exact) mass is 261 g/mol. The molecule has 1 aromatic rings. The van der Waals surface area contributed by atoms with Gasteiger partial charge in [-0.25, -0.2) is 0 Å². The molecule has 0 spiro atoms. The maximum absolute atomic E-state index is 11.0. The minimum absolute atomic E-state index is 0.104. The van der Waals surface area contributed by atoms with Crippen molar-refractivity contribution in [1.29, 1.82) is 0 Å². The van der Waals surface area contributed by atoms with Gasteiger partial charge < -0.3 is 10.4 Å². The van der Waals surface area contributed by atoms with Crippen LogP contribution in [-0.4, -0.2) is 17.6 Å². The van der Waals surface area contributed by atoms with Crippen molar-refractivity contribution in [3.63, 3.8) is 0 Å². The fourth-order valence-corrected chi connectivity index (χ4v) is 1.76. The van der Waals surface area contributed by atoms with Crippen LogP contribution in [0.2, 0.25) is 10.0 Å². The van der Waals surface area contributed by atoms with E-state index < -0.39 is 6.10 Å². The van der Waals surface area contributed by atoms with Crippen molar-refractivity contribution in [2.24, 2.45) is 0 Å². The average molecular weight is 262 g/mol. The number of halogens is 2. The predicted octanol–water partition coefficient (Wildman–Crippen LogP) is 2.55. The zero-order valence-corrected chi connectivity index (χ0v) is 10.3. The van der Waals surface area contributed by atoms with E-state index >= 15 is 0 Å². The summed E-state index contributed by atoms with van der Waals surface area (Å²) >= 11 is 11.6. The Morgan fingerprint density at radius 1 is 1.38 bits per heavy atom. The molecule has 0 unspecified atom stereocenters. The largest absolute Gasteiger partial charge is 0.387 e.